The van der Waals surface area contributed by atoms with Gasteiger partial charge in [0.15, 0.2) is 0 Å². The first-order valence-corrected chi connectivity index (χ1v) is 7.79. The molecule has 0 N–H and O–H groups in total. The molecule has 0 aliphatic rings. The van der Waals surface area contributed by atoms with Gasteiger partial charge in [-0.15, -0.1) is 70.8 Å². The van der Waals surface area contributed by atoms with Gasteiger partial charge in [-0.1, -0.05) is 12.1 Å². The van der Waals surface area contributed by atoms with Crippen molar-refractivity contribution in [3.63, 3.8) is 0 Å². The molecule has 26 heavy (non-hydrogen) atoms. The Morgan fingerprint density at radius 2 is 1.27 bits per heavy atom. The van der Waals surface area contributed by atoms with Crippen molar-refractivity contribution in [2.24, 2.45) is 0 Å². The van der Waals surface area contributed by atoms with Gasteiger partial charge in [-0.05, 0) is 17.8 Å². The summed E-state index contributed by atoms with van der Waals surface area (Å²) in [6, 6.07) is 31.6. The molecule has 0 saturated heterocycles. The standard InChI is InChI=1S/C13H10N.C9H7.2ClH.Ti/c1-2-6-12-10-13(9-11(12)5-1)14-7-3-4-8-14;1-2-5-9-7-3-6-8(9)4-1;;;/h1-10H;1-7H;2*1H;/q2*-1;;;+4/p-2. The molecule has 5 aromatic rings. The fraction of sp³-hybridized carbons (Fsp3) is 0. The zero-order valence-corrected chi connectivity index (χ0v) is 17.1. The molecule has 0 radical (unpaired) electrons. The van der Waals surface area contributed by atoms with Crippen molar-refractivity contribution in [2.45, 2.75) is 0 Å². The van der Waals surface area contributed by atoms with Crippen LogP contribution in [0.5, 0.6) is 0 Å². The molecule has 128 valence electrons. The van der Waals surface area contributed by atoms with E-state index in [1.165, 1.54) is 27.2 Å². The van der Waals surface area contributed by atoms with Gasteiger partial charge >= 0.3 is 21.7 Å². The van der Waals surface area contributed by atoms with E-state index < -0.39 is 0 Å². The van der Waals surface area contributed by atoms with Gasteiger partial charge < -0.3 is 29.4 Å². The SMILES string of the molecule is [Cl-].[Cl-].[Ti+4].c1ccc2[cH-]c(-n3cccc3)cc2c1.c1ccc2[cH-]ccc2c1. The van der Waals surface area contributed by atoms with E-state index in [1.54, 1.807) is 0 Å². The van der Waals surface area contributed by atoms with Gasteiger partial charge in [-0.3, -0.25) is 0 Å². The largest absolute Gasteiger partial charge is 4.00 e. The third-order valence-corrected chi connectivity index (χ3v) is 4.05. The van der Waals surface area contributed by atoms with E-state index in [0.29, 0.717) is 0 Å². The first-order chi connectivity index (χ1) is 11.4. The summed E-state index contributed by atoms with van der Waals surface area (Å²) >= 11 is 0. The number of halogens is 2. The van der Waals surface area contributed by atoms with Gasteiger partial charge in [-0.2, -0.15) is 17.5 Å². The normalized spacial score (nSPS) is 9.38. The molecule has 0 aliphatic carbocycles. The van der Waals surface area contributed by atoms with Crippen molar-refractivity contribution in [1.29, 1.82) is 0 Å². The Bertz CT molecular complexity index is 965. The van der Waals surface area contributed by atoms with E-state index in [-0.39, 0.29) is 46.5 Å². The van der Waals surface area contributed by atoms with Gasteiger partial charge in [0.1, 0.15) is 0 Å². The summed E-state index contributed by atoms with van der Waals surface area (Å²) in [6.45, 7) is 0. The zero-order chi connectivity index (χ0) is 15.5. The maximum atomic E-state index is 2.20. The van der Waals surface area contributed by atoms with Gasteiger partial charge in [0.05, 0.1) is 0 Å². The molecule has 4 heteroatoms. The van der Waals surface area contributed by atoms with Crippen molar-refractivity contribution in [3.05, 3.63) is 103 Å². The van der Waals surface area contributed by atoms with Crippen molar-refractivity contribution in [2.75, 3.05) is 0 Å². The summed E-state index contributed by atoms with van der Waals surface area (Å²) in [5.41, 5.74) is 1.23. The van der Waals surface area contributed by atoms with Gasteiger partial charge in [0.25, 0.3) is 0 Å². The number of fused-ring (bicyclic) bond motifs is 2. The molecule has 1 aromatic heterocycles. The predicted octanol–water partition coefficient (Wildman–Crippen LogP) is -0.0864. The van der Waals surface area contributed by atoms with Crippen LogP contribution in [-0.2, 0) is 21.7 Å². The summed E-state index contributed by atoms with van der Waals surface area (Å²) < 4.78 is 2.12. The Hall–Kier alpha value is -1.77. The van der Waals surface area contributed by atoms with Crippen LogP contribution in [0.25, 0.3) is 27.2 Å². The number of rotatable bonds is 1. The second-order valence-corrected chi connectivity index (χ2v) is 5.59. The summed E-state index contributed by atoms with van der Waals surface area (Å²) in [7, 11) is 0. The van der Waals surface area contributed by atoms with Crippen LogP contribution < -0.4 is 24.8 Å². The summed E-state index contributed by atoms with van der Waals surface area (Å²) in [6.07, 6.45) is 4.13. The van der Waals surface area contributed by atoms with Gasteiger partial charge in [0.2, 0.25) is 0 Å². The van der Waals surface area contributed by atoms with E-state index in [1.807, 2.05) is 12.1 Å². The Kier molecular flexibility index (Phi) is 8.91. The smallest absolute Gasteiger partial charge is 1.00 e. The maximum Gasteiger partial charge on any atom is 4.00 e. The second-order valence-electron chi connectivity index (χ2n) is 5.59. The molecule has 0 spiro atoms. The molecule has 0 amide bonds. The predicted molar refractivity (Wildman–Crippen MR) is 98.4 cm³/mol. The number of hydrogen-bond acceptors (Lipinski definition) is 0. The summed E-state index contributed by atoms with van der Waals surface area (Å²) in [4.78, 5) is 0. The van der Waals surface area contributed by atoms with Crippen molar-refractivity contribution < 1.29 is 46.5 Å². The molecule has 4 aromatic carbocycles. The van der Waals surface area contributed by atoms with E-state index in [9.17, 15) is 0 Å². The number of nitrogens with zero attached hydrogens (tertiary/aromatic N) is 1. The third-order valence-electron chi connectivity index (χ3n) is 4.05. The minimum Gasteiger partial charge on any atom is -1.00 e. The Morgan fingerprint density at radius 3 is 1.92 bits per heavy atom. The van der Waals surface area contributed by atoms with Gasteiger partial charge in [-0.25, -0.2) is 0 Å². The van der Waals surface area contributed by atoms with Crippen LogP contribution in [0.3, 0.4) is 0 Å². The molecule has 0 aliphatic heterocycles. The topological polar surface area (TPSA) is 4.93 Å². The molecule has 5 rings (SSSR count). The van der Waals surface area contributed by atoms with Crippen molar-refractivity contribution in [3.8, 4) is 5.69 Å². The molecular formula is C22H17Cl2NTi. The van der Waals surface area contributed by atoms with E-state index in [2.05, 4.69) is 95.8 Å². The molecule has 0 bridgehead atoms. The Balaban J connectivity index is 0.000000250. The first-order valence-electron chi connectivity index (χ1n) is 7.79. The number of benzene rings is 2. The van der Waals surface area contributed by atoms with Crippen LogP contribution in [0.15, 0.2) is 103 Å². The third kappa shape index (κ3) is 4.90. The minimum absolute atomic E-state index is 0. The maximum absolute atomic E-state index is 2.20. The van der Waals surface area contributed by atoms with Crippen molar-refractivity contribution in [1.82, 2.24) is 4.57 Å². The summed E-state index contributed by atoms with van der Waals surface area (Å²) in [5, 5.41) is 5.27. The van der Waals surface area contributed by atoms with Gasteiger partial charge in [0, 0.05) is 12.4 Å². The van der Waals surface area contributed by atoms with Crippen LogP contribution in [0, 0.1) is 0 Å². The van der Waals surface area contributed by atoms with Crippen LogP contribution in [0.4, 0.5) is 0 Å². The molecule has 1 nitrogen and oxygen atoms in total. The summed E-state index contributed by atoms with van der Waals surface area (Å²) in [5.74, 6) is 0. The fourth-order valence-corrected chi connectivity index (χ4v) is 2.86. The van der Waals surface area contributed by atoms with Crippen LogP contribution in [0.2, 0.25) is 0 Å². The average Bonchev–Trinajstić information content (AvgIpc) is 3.33. The van der Waals surface area contributed by atoms with E-state index in [0.717, 1.165) is 0 Å². The number of aromatic nitrogens is 1. The molecule has 0 saturated carbocycles. The first kappa shape index (κ1) is 22.3. The molecular weight excluding hydrogens is 397 g/mol. The van der Waals surface area contributed by atoms with Crippen LogP contribution in [-0.4, -0.2) is 4.57 Å². The van der Waals surface area contributed by atoms with E-state index in [4.69, 9.17) is 0 Å². The second kappa shape index (κ2) is 10.4. The molecule has 1 heterocycles. The minimum atomic E-state index is 0. The quantitative estimate of drug-likeness (QED) is 0.267. The molecule has 0 atom stereocenters. The Morgan fingerprint density at radius 1 is 0.654 bits per heavy atom. The molecule has 0 fully saturated rings. The Labute approximate surface area is 181 Å². The average molecular weight is 414 g/mol. The van der Waals surface area contributed by atoms with Crippen LogP contribution >= 0.6 is 0 Å². The zero-order valence-electron chi connectivity index (χ0n) is 14.0. The van der Waals surface area contributed by atoms with E-state index >= 15 is 0 Å². The molecule has 0 unspecified atom stereocenters. The van der Waals surface area contributed by atoms with Crippen LogP contribution in [0.1, 0.15) is 0 Å². The fourth-order valence-electron chi connectivity index (χ4n) is 2.86. The van der Waals surface area contributed by atoms with Crippen molar-refractivity contribution >= 4 is 21.5 Å². The monoisotopic (exact) mass is 413 g/mol. The number of hydrogen-bond donors (Lipinski definition) is 0.